The van der Waals surface area contributed by atoms with Crippen molar-refractivity contribution >= 4 is 46.3 Å². The number of fused-ring (bicyclic) bond motifs is 10. The molecule has 2 unspecified atom stereocenters. The highest BCUT2D eigenvalue weighted by molar-refractivity contribution is 5.92. The third-order valence-electron chi connectivity index (χ3n) is 23.5. The maximum atomic E-state index is 17.5. The largest absolute Gasteiger partial charge is 0.457 e. The van der Waals surface area contributed by atoms with Crippen LogP contribution in [0.15, 0.2) is 292 Å². The zero-order chi connectivity index (χ0) is 78.4. The van der Waals surface area contributed by atoms with Crippen molar-refractivity contribution in [3.63, 3.8) is 0 Å². The van der Waals surface area contributed by atoms with Crippen LogP contribution in [0.2, 0.25) is 0 Å². The van der Waals surface area contributed by atoms with Crippen molar-refractivity contribution in [2.75, 3.05) is 9.80 Å². The average molecular weight is 1510 g/mol. The molecule has 0 saturated carbocycles. The minimum absolute atomic E-state index is 0.124. The first-order valence-corrected chi connectivity index (χ1v) is 37.0. The Morgan fingerprint density at radius 2 is 0.593 bits per heavy atom. The molecule has 14 heteroatoms. The number of anilines is 6. The van der Waals surface area contributed by atoms with Gasteiger partial charge in [0.2, 0.25) is 0 Å². The van der Waals surface area contributed by atoms with Gasteiger partial charge in [-0.15, -0.1) is 0 Å². The van der Waals surface area contributed by atoms with Crippen molar-refractivity contribution in [2.45, 2.75) is 67.6 Å². The molecule has 1 spiro atoms. The van der Waals surface area contributed by atoms with E-state index in [-0.39, 0.29) is 22.7 Å². The number of hydrogen-bond donors (Lipinski definition) is 0. The van der Waals surface area contributed by atoms with Crippen LogP contribution in [0.4, 0.5) is 78.0 Å². The lowest BCUT2D eigenvalue weighted by Gasteiger charge is -2.35. The van der Waals surface area contributed by atoms with E-state index in [4.69, 9.17) is 9.47 Å². The Balaban J connectivity index is 0.819. The fourth-order valence-corrected chi connectivity index (χ4v) is 18.9. The van der Waals surface area contributed by atoms with Gasteiger partial charge in [0.15, 0.2) is 46.5 Å². The number of halogens is 10. The lowest BCUT2D eigenvalue weighted by molar-refractivity contribution is 0.349. The second-order valence-electron chi connectivity index (χ2n) is 30.8. The average Bonchev–Trinajstić information content (AvgIpc) is 1.53. The topological polar surface area (TPSA) is 24.9 Å². The number of rotatable bonds is 16. The van der Waals surface area contributed by atoms with Crippen LogP contribution >= 0.6 is 0 Å². The highest BCUT2D eigenvalue weighted by Gasteiger charge is 2.57. The number of benzene rings is 14. The molecule has 14 aromatic carbocycles. The number of hydrogen-bond acceptors (Lipinski definition) is 4. The Kier molecular flexibility index (Phi) is 16.9. The molecule has 4 aliphatic rings. The summed E-state index contributed by atoms with van der Waals surface area (Å²) in [6.07, 6.45) is 4.25. The molecule has 4 nitrogen and oxygen atoms in total. The van der Waals surface area contributed by atoms with Gasteiger partial charge in [-0.3, -0.25) is 0 Å². The third kappa shape index (κ3) is 11.2. The van der Waals surface area contributed by atoms with Gasteiger partial charge in [-0.2, -0.15) is 0 Å². The molecule has 0 aliphatic heterocycles. The summed E-state index contributed by atoms with van der Waals surface area (Å²) in [4.78, 5) is 2.49. The summed E-state index contributed by atoms with van der Waals surface area (Å²) in [5.41, 5.74) is 6.97. The smallest absolute Gasteiger partial charge is 0.196 e. The minimum atomic E-state index is -1.92. The standard InChI is InChI=1S/C99H68F10N2O2/c1-7-57-17-37-69(38-18-57)112-71-41-25-61(26-42-71)98(59-21-29-63(100)30-22-59)77-15-11-9-13-73(77)75-45-33-65(49-81(75)98)110(93-87(104)53-85(102)89(106)91(93)108)67-35-47-79-83(51-67)97(55-95(79,3)4)56-96(5,6)80-48-36-68(52-84(80)97)111(94-88(105)54-86(103)90(107)92(94)109)66-34-46-76-74-14-10-12-16-78(74)99(82(76)50-66,60-23-31-64(101)32-24-60)62-27-43-72(44-28-62)113-70-39-19-58(8-2)20-40-70/h7-54H,1-2,55-56H2,3-6H3. The summed E-state index contributed by atoms with van der Waals surface area (Å²) >= 11 is 0. The summed E-state index contributed by atoms with van der Waals surface area (Å²) in [6.45, 7) is 16.0. The van der Waals surface area contributed by atoms with Crippen LogP contribution < -0.4 is 19.3 Å². The van der Waals surface area contributed by atoms with Gasteiger partial charge in [0.25, 0.3) is 0 Å². The number of ether oxygens (including phenoxy) is 2. The van der Waals surface area contributed by atoms with Crippen LogP contribution in [0.5, 0.6) is 23.0 Å². The molecule has 14 aromatic rings. The third-order valence-corrected chi connectivity index (χ3v) is 23.5. The fourth-order valence-electron chi connectivity index (χ4n) is 18.9. The molecule has 0 fully saturated rings. The monoisotopic (exact) mass is 1510 g/mol. The van der Waals surface area contributed by atoms with Gasteiger partial charge >= 0.3 is 0 Å². The van der Waals surface area contributed by atoms with E-state index in [1.807, 2.05) is 182 Å². The Labute approximate surface area is 647 Å². The highest BCUT2D eigenvalue weighted by Crippen LogP contribution is 2.66. The van der Waals surface area contributed by atoms with Crippen LogP contribution in [0.25, 0.3) is 34.4 Å². The van der Waals surface area contributed by atoms with E-state index >= 15 is 43.9 Å². The SMILES string of the molecule is C=Cc1ccc(Oc2ccc(C3(c4ccc(F)cc4)c4ccccc4-c4ccc(N(c5ccc6c(c5)C5(CC6(C)C)CC(C)(C)c6ccc(N(c7ccc8c(c7)C(c7ccc(F)cc7)(c7ccc(Oc9ccc(C=C)cc9)cc7)c7ccccc7-8)c7c(F)cc(F)c(F)c7F)cc65)c5c(F)cc(F)c(F)c5F)cc43)cc2)cc1. The Bertz CT molecular complexity index is 5860. The molecule has 0 saturated heterocycles. The molecule has 0 aromatic heterocycles. The molecular formula is C99H68F10N2O2. The second kappa shape index (κ2) is 26.6. The second-order valence-corrected chi connectivity index (χ2v) is 30.8. The van der Waals surface area contributed by atoms with Crippen molar-refractivity contribution in [3.8, 4) is 45.3 Å². The maximum Gasteiger partial charge on any atom is 0.196 e. The van der Waals surface area contributed by atoms with Gasteiger partial charge in [-0.1, -0.05) is 199 Å². The van der Waals surface area contributed by atoms with E-state index in [1.165, 1.54) is 34.1 Å². The molecule has 2 atom stereocenters. The molecule has 556 valence electrons. The van der Waals surface area contributed by atoms with Gasteiger partial charge in [0.05, 0.1) is 10.8 Å². The zero-order valence-corrected chi connectivity index (χ0v) is 61.5. The molecule has 0 amide bonds. The molecule has 4 aliphatic carbocycles. The highest BCUT2D eigenvalue weighted by atomic mass is 19.2. The quantitative estimate of drug-likeness (QED) is 0.0547. The lowest BCUT2D eigenvalue weighted by atomic mass is 9.67. The van der Waals surface area contributed by atoms with Crippen molar-refractivity contribution in [2.24, 2.45) is 0 Å². The number of nitrogens with zero attached hydrogens (tertiary/aromatic N) is 2. The molecule has 0 radical (unpaired) electrons. The van der Waals surface area contributed by atoms with Crippen LogP contribution in [-0.2, 0) is 27.1 Å². The van der Waals surface area contributed by atoms with Gasteiger partial charge < -0.3 is 19.3 Å². The minimum Gasteiger partial charge on any atom is -0.457 e. The molecule has 0 bridgehead atoms. The summed E-state index contributed by atoms with van der Waals surface area (Å²) in [5, 5.41) is 0. The summed E-state index contributed by atoms with van der Waals surface area (Å²) in [6, 6.07) is 79.4. The van der Waals surface area contributed by atoms with Crippen molar-refractivity contribution < 1.29 is 53.4 Å². The first kappa shape index (κ1) is 71.7. The van der Waals surface area contributed by atoms with E-state index in [1.54, 1.807) is 72.8 Å². The van der Waals surface area contributed by atoms with Crippen LogP contribution in [-0.4, -0.2) is 0 Å². The Morgan fingerprint density at radius 3 is 0.938 bits per heavy atom. The van der Waals surface area contributed by atoms with Crippen molar-refractivity contribution in [1.82, 2.24) is 0 Å². The van der Waals surface area contributed by atoms with Crippen LogP contribution in [0, 0.1) is 58.2 Å². The Morgan fingerprint density at radius 1 is 0.292 bits per heavy atom. The fraction of sp³-hybridized carbons (Fsp3) is 0.111. The van der Waals surface area contributed by atoms with Gasteiger partial charge in [0.1, 0.15) is 46.0 Å². The van der Waals surface area contributed by atoms with Crippen molar-refractivity contribution in [3.05, 3.63) is 428 Å². The first-order chi connectivity index (χ1) is 54.4. The van der Waals surface area contributed by atoms with E-state index in [2.05, 4.69) is 40.9 Å². The first-order valence-electron chi connectivity index (χ1n) is 37.0. The summed E-state index contributed by atoms with van der Waals surface area (Å²) in [7, 11) is 0. The van der Waals surface area contributed by atoms with E-state index in [0.717, 1.165) is 55.6 Å². The van der Waals surface area contributed by atoms with Crippen molar-refractivity contribution in [1.29, 1.82) is 0 Å². The van der Waals surface area contributed by atoms with Gasteiger partial charge in [0, 0.05) is 40.3 Å². The van der Waals surface area contributed by atoms with E-state index in [0.29, 0.717) is 92.5 Å². The van der Waals surface area contributed by atoms with E-state index in [9.17, 15) is 0 Å². The van der Waals surface area contributed by atoms with Gasteiger partial charge in [-0.25, -0.2) is 43.9 Å². The molecule has 0 heterocycles. The normalized spacial score (nSPS) is 17.5. The molecule has 113 heavy (non-hydrogen) atoms. The molecule has 0 N–H and O–H groups in total. The predicted octanol–water partition coefficient (Wildman–Crippen LogP) is 27.3. The van der Waals surface area contributed by atoms with E-state index < -0.39 is 96.6 Å². The zero-order valence-electron chi connectivity index (χ0n) is 61.5. The molecular weight excluding hydrogens is 1440 g/mol. The van der Waals surface area contributed by atoms with Gasteiger partial charge in [-0.05, 0) is 245 Å². The maximum absolute atomic E-state index is 17.5. The summed E-state index contributed by atoms with van der Waals surface area (Å²) < 4.78 is 177. The summed E-state index contributed by atoms with van der Waals surface area (Å²) in [5.74, 6) is -12.6. The van der Waals surface area contributed by atoms with Crippen LogP contribution in [0.1, 0.15) is 118 Å². The van der Waals surface area contributed by atoms with Crippen LogP contribution in [0.3, 0.4) is 0 Å². The lowest BCUT2D eigenvalue weighted by Crippen LogP contribution is -2.29. The predicted molar refractivity (Wildman–Crippen MR) is 426 cm³/mol. The Hall–Kier alpha value is -12.9. The molecule has 18 rings (SSSR count).